The Kier molecular flexibility index (Phi) is 4.97. The smallest absolute Gasteiger partial charge is 0.255 e. The van der Waals surface area contributed by atoms with Crippen molar-refractivity contribution in [2.24, 2.45) is 5.92 Å². The van der Waals surface area contributed by atoms with Crippen LogP contribution >= 0.6 is 0 Å². The van der Waals surface area contributed by atoms with Gasteiger partial charge in [-0.3, -0.25) is 4.79 Å². The fourth-order valence-corrected chi connectivity index (χ4v) is 5.00. The molecule has 1 aromatic carbocycles. The van der Waals surface area contributed by atoms with E-state index in [4.69, 9.17) is 0 Å². The Bertz CT molecular complexity index is 951. The van der Waals surface area contributed by atoms with Crippen molar-refractivity contribution in [2.75, 3.05) is 11.5 Å². The van der Waals surface area contributed by atoms with E-state index >= 15 is 0 Å². The average Bonchev–Trinajstić information content (AvgIpc) is 2.88. The van der Waals surface area contributed by atoms with E-state index in [0.717, 1.165) is 5.39 Å². The molecule has 1 fully saturated rings. The Hall–Kier alpha value is -1.73. The summed E-state index contributed by atoms with van der Waals surface area (Å²) in [6.07, 6.45) is 0.571. The normalized spacial score (nSPS) is 19.8. The van der Waals surface area contributed by atoms with Crippen LogP contribution in [0.2, 0.25) is 0 Å². The molecule has 3 rings (SSSR count). The molecule has 25 heavy (non-hydrogen) atoms. The van der Waals surface area contributed by atoms with Crippen molar-refractivity contribution in [2.45, 2.75) is 39.4 Å². The predicted octanol–water partition coefficient (Wildman–Crippen LogP) is 2.07. The third-order valence-electron chi connectivity index (χ3n) is 4.49. The number of nitrogens with one attached hydrogen (secondary N) is 1. The first-order chi connectivity index (χ1) is 11.7. The molecule has 1 saturated heterocycles. The third kappa shape index (κ3) is 4.10. The van der Waals surface area contributed by atoms with Gasteiger partial charge >= 0.3 is 0 Å². The van der Waals surface area contributed by atoms with Crippen molar-refractivity contribution in [1.82, 2.24) is 9.88 Å². The van der Waals surface area contributed by atoms with Crippen molar-refractivity contribution in [3.63, 3.8) is 0 Å². The van der Waals surface area contributed by atoms with Crippen LogP contribution in [0.4, 0.5) is 4.39 Å². The molecule has 7 heteroatoms. The zero-order valence-electron chi connectivity index (χ0n) is 14.5. The maximum atomic E-state index is 13.6. The first-order valence-electron chi connectivity index (χ1n) is 8.51. The summed E-state index contributed by atoms with van der Waals surface area (Å²) in [6, 6.07) is 6.09. The average molecular weight is 366 g/mol. The molecule has 2 aromatic rings. The number of hydrogen-bond acceptors (Lipinski definition) is 4. The van der Waals surface area contributed by atoms with Crippen LogP contribution in [-0.4, -0.2) is 30.5 Å². The molecule has 5 nitrogen and oxygen atoms in total. The second kappa shape index (κ2) is 6.88. The molecule has 2 heterocycles. The van der Waals surface area contributed by atoms with Gasteiger partial charge in [0.15, 0.2) is 9.84 Å². The molecule has 1 aliphatic heterocycles. The molecule has 0 unspecified atom stereocenters. The molecule has 1 aromatic heterocycles. The first-order valence-corrected chi connectivity index (χ1v) is 10.3. The van der Waals surface area contributed by atoms with Crippen LogP contribution in [0.15, 0.2) is 29.1 Å². The van der Waals surface area contributed by atoms with E-state index < -0.39 is 9.84 Å². The number of hydrogen-bond donors (Lipinski definition) is 1. The third-order valence-corrected chi connectivity index (χ3v) is 6.26. The summed E-state index contributed by atoms with van der Waals surface area (Å²) in [6.45, 7) is 4.83. The molecular weight excluding hydrogens is 343 g/mol. The molecule has 0 saturated carbocycles. The van der Waals surface area contributed by atoms with Gasteiger partial charge in [-0.05, 0) is 42.0 Å². The predicted molar refractivity (Wildman–Crippen MR) is 96.9 cm³/mol. The highest BCUT2D eigenvalue weighted by Crippen LogP contribution is 2.17. The summed E-state index contributed by atoms with van der Waals surface area (Å²) in [5, 5.41) is 3.99. The molecule has 1 aliphatic rings. The van der Waals surface area contributed by atoms with Crippen LogP contribution in [0.25, 0.3) is 10.9 Å². The van der Waals surface area contributed by atoms with Crippen LogP contribution in [0, 0.1) is 11.7 Å². The summed E-state index contributed by atoms with van der Waals surface area (Å²) in [5.74, 6) is 0.185. The monoisotopic (exact) mass is 366 g/mol. The fourth-order valence-electron chi connectivity index (χ4n) is 3.29. The number of halogens is 1. The van der Waals surface area contributed by atoms with Gasteiger partial charge in [0.1, 0.15) is 5.82 Å². The van der Waals surface area contributed by atoms with E-state index in [9.17, 15) is 17.6 Å². The number of rotatable bonds is 5. The molecule has 0 aliphatic carbocycles. The van der Waals surface area contributed by atoms with Crippen LogP contribution in [-0.2, 0) is 22.9 Å². The van der Waals surface area contributed by atoms with Crippen molar-refractivity contribution >= 4 is 20.7 Å². The van der Waals surface area contributed by atoms with Gasteiger partial charge in [-0.25, -0.2) is 12.8 Å². The van der Waals surface area contributed by atoms with E-state index in [-0.39, 0.29) is 34.8 Å². The Labute approximate surface area is 146 Å². The number of pyridine rings is 1. The quantitative estimate of drug-likeness (QED) is 0.880. The minimum atomic E-state index is -2.96. The standard InChI is InChI=1S/C18H23FN2O3S/c1-12(2)10-21-17-8-15(19)4-3-13(17)7-14(18(21)22)9-20-16-5-6-25(23,24)11-16/h3-4,7-8,12,16,20H,5-6,9-11H2,1-2H3/t16-/m0/s1. The summed E-state index contributed by atoms with van der Waals surface area (Å²) < 4.78 is 38.4. The lowest BCUT2D eigenvalue weighted by Gasteiger charge is -2.16. The number of aromatic nitrogens is 1. The van der Waals surface area contributed by atoms with E-state index in [0.29, 0.717) is 30.6 Å². The highest BCUT2D eigenvalue weighted by molar-refractivity contribution is 7.91. The highest BCUT2D eigenvalue weighted by Gasteiger charge is 2.27. The minimum absolute atomic E-state index is 0.117. The van der Waals surface area contributed by atoms with Crippen LogP contribution in [0.5, 0.6) is 0 Å². The second-order valence-electron chi connectivity index (χ2n) is 7.16. The van der Waals surface area contributed by atoms with Gasteiger partial charge in [-0.15, -0.1) is 0 Å². The van der Waals surface area contributed by atoms with Gasteiger partial charge in [0.05, 0.1) is 17.0 Å². The molecule has 0 bridgehead atoms. The zero-order valence-corrected chi connectivity index (χ0v) is 15.3. The highest BCUT2D eigenvalue weighted by atomic mass is 32.2. The lowest BCUT2D eigenvalue weighted by molar-refractivity contribution is 0.512. The van der Waals surface area contributed by atoms with Crippen LogP contribution in [0.3, 0.4) is 0 Å². The molecule has 136 valence electrons. The SMILES string of the molecule is CC(C)Cn1c(=O)c(CN[C@H]2CCS(=O)(=O)C2)cc2ccc(F)cc21. The molecule has 1 atom stereocenters. The van der Waals surface area contributed by atoms with E-state index in [2.05, 4.69) is 5.32 Å². The van der Waals surface area contributed by atoms with E-state index in [1.165, 1.54) is 12.1 Å². The first kappa shape index (κ1) is 18.1. The molecule has 0 spiro atoms. The summed E-state index contributed by atoms with van der Waals surface area (Å²) >= 11 is 0. The topological polar surface area (TPSA) is 68.2 Å². The largest absolute Gasteiger partial charge is 0.309 e. The summed E-state index contributed by atoms with van der Waals surface area (Å²) in [5.41, 5.74) is 1.01. The maximum absolute atomic E-state index is 13.6. The molecule has 0 radical (unpaired) electrons. The van der Waals surface area contributed by atoms with Gasteiger partial charge < -0.3 is 9.88 Å². The summed E-state index contributed by atoms with van der Waals surface area (Å²) in [4.78, 5) is 12.8. The van der Waals surface area contributed by atoms with Gasteiger partial charge in [0.2, 0.25) is 0 Å². The Morgan fingerprint density at radius 1 is 1.32 bits per heavy atom. The Balaban J connectivity index is 1.94. The van der Waals surface area contributed by atoms with Crippen molar-refractivity contribution < 1.29 is 12.8 Å². The van der Waals surface area contributed by atoms with E-state index in [1.807, 2.05) is 13.8 Å². The van der Waals surface area contributed by atoms with Crippen molar-refractivity contribution in [1.29, 1.82) is 0 Å². The lowest BCUT2D eigenvalue weighted by Crippen LogP contribution is -2.34. The molecule has 0 amide bonds. The zero-order chi connectivity index (χ0) is 18.2. The van der Waals surface area contributed by atoms with Gasteiger partial charge in [0, 0.05) is 24.7 Å². The van der Waals surface area contributed by atoms with Crippen molar-refractivity contribution in [3.8, 4) is 0 Å². The van der Waals surface area contributed by atoms with Gasteiger partial charge in [-0.1, -0.05) is 13.8 Å². The van der Waals surface area contributed by atoms with E-state index in [1.54, 1.807) is 16.7 Å². The lowest BCUT2D eigenvalue weighted by atomic mass is 10.1. The fraction of sp³-hybridized carbons (Fsp3) is 0.500. The number of benzene rings is 1. The van der Waals surface area contributed by atoms with Crippen LogP contribution in [0.1, 0.15) is 25.8 Å². The number of fused-ring (bicyclic) bond motifs is 1. The van der Waals surface area contributed by atoms with Gasteiger partial charge in [0.25, 0.3) is 5.56 Å². The van der Waals surface area contributed by atoms with Gasteiger partial charge in [-0.2, -0.15) is 0 Å². The Morgan fingerprint density at radius 3 is 2.72 bits per heavy atom. The Morgan fingerprint density at radius 2 is 2.08 bits per heavy atom. The maximum Gasteiger partial charge on any atom is 0.255 e. The number of sulfone groups is 1. The number of nitrogens with zero attached hydrogens (tertiary/aromatic N) is 1. The van der Waals surface area contributed by atoms with Crippen molar-refractivity contribution in [3.05, 3.63) is 46.0 Å². The minimum Gasteiger partial charge on any atom is -0.309 e. The molecule has 1 N–H and O–H groups in total. The van der Waals surface area contributed by atoms with Crippen LogP contribution < -0.4 is 10.9 Å². The summed E-state index contributed by atoms with van der Waals surface area (Å²) in [7, 11) is -2.96. The second-order valence-corrected chi connectivity index (χ2v) is 9.39. The molecular formula is C18H23FN2O3S.